The lowest BCUT2D eigenvalue weighted by molar-refractivity contribution is -0.137. The van der Waals surface area contributed by atoms with Gasteiger partial charge in [0.25, 0.3) is 5.91 Å². The van der Waals surface area contributed by atoms with Gasteiger partial charge in [-0.15, -0.1) is 11.3 Å². The van der Waals surface area contributed by atoms with Crippen molar-refractivity contribution in [3.63, 3.8) is 0 Å². The molecular weight excluding hydrogens is 384 g/mol. The van der Waals surface area contributed by atoms with Crippen molar-refractivity contribution in [3.05, 3.63) is 40.5 Å². The zero-order valence-electron chi connectivity index (χ0n) is 17.1. The first kappa shape index (κ1) is 18.8. The second-order valence-electron chi connectivity index (χ2n) is 8.55. The van der Waals surface area contributed by atoms with Crippen LogP contribution in [0.3, 0.4) is 0 Å². The second-order valence-corrected chi connectivity index (χ2v) is 9.79. The maximum Gasteiger partial charge on any atom is 0.262 e. The van der Waals surface area contributed by atoms with E-state index < -0.39 is 5.54 Å². The molecular formula is C22H26N4O2S. The Labute approximate surface area is 174 Å². The first-order valence-corrected chi connectivity index (χ1v) is 10.9. The van der Waals surface area contributed by atoms with E-state index in [1.54, 1.807) is 25.5 Å². The number of likely N-dealkylation sites (N-methyl/N-ethyl adjacent to an activating group) is 1. The van der Waals surface area contributed by atoms with Crippen molar-refractivity contribution in [2.75, 3.05) is 14.2 Å². The number of thiazole rings is 1. The molecule has 2 heterocycles. The summed E-state index contributed by atoms with van der Waals surface area (Å²) < 4.78 is 5.61. The Morgan fingerprint density at radius 3 is 2.66 bits per heavy atom. The summed E-state index contributed by atoms with van der Waals surface area (Å²) in [7, 11) is 3.51. The lowest BCUT2D eigenvalue weighted by atomic mass is 9.61. The second kappa shape index (κ2) is 6.37. The van der Waals surface area contributed by atoms with E-state index in [0.29, 0.717) is 5.96 Å². The van der Waals surface area contributed by atoms with Crippen LogP contribution in [0.25, 0.3) is 10.4 Å². The number of amides is 1. The van der Waals surface area contributed by atoms with E-state index in [1.807, 2.05) is 13.1 Å². The predicted molar refractivity (Wildman–Crippen MR) is 114 cm³/mol. The summed E-state index contributed by atoms with van der Waals surface area (Å²) in [5.74, 6) is 0.317. The first-order chi connectivity index (χ1) is 13.9. The SMILES string of the molecule is COC1CCC2(CC1)Cc1ccc(-c3cnc(C)s3)cc1[C@@]21N=C(N)N(C)C1=O. The number of fused-ring (bicyclic) bond motifs is 3. The lowest BCUT2D eigenvalue weighted by Gasteiger charge is -2.45. The van der Waals surface area contributed by atoms with Crippen molar-refractivity contribution < 1.29 is 9.53 Å². The van der Waals surface area contributed by atoms with Gasteiger partial charge in [0.2, 0.25) is 0 Å². The largest absolute Gasteiger partial charge is 0.381 e. The lowest BCUT2D eigenvalue weighted by Crippen LogP contribution is -2.51. The van der Waals surface area contributed by atoms with Gasteiger partial charge in [-0.1, -0.05) is 12.1 Å². The van der Waals surface area contributed by atoms with E-state index in [4.69, 9.17) is 15.5 Å². The van der Waals surface area contributed by atoms with Crippen LogP contribution in [-0.2, 0) is 21.5 Å². The highest BCUT2D eigenvalue weighted by Crippen LogP contribution is 2.62. The van der Waals surface area contributed by atoms with Crippen molar-refractivity contribution in [1.29, 1.82) is 0 Å². The minimum Gasteiger partial charge on any atom is -0.381 e. The highest BCUT2D eigenvalue weighted by atomic mass is 32.1. The molecule has 6 nitrogen and oxygen atoms in total. The Hall–Kier alpha value is -2.25. The van der Waals surface area contributed by atoms with E-state index in [1.165, 1.54) is 10.5 Å². The molecule has 1 amide bonds. The van der Waals surface area contributed by atoms with Gasteiger partial charge in [-0.3, -0.25) is 9.69 Å². The van der Waals surface area contributed by atoms with Crippen LogP contribution in [-0.4, -0.2) is 42.0 Å². The zero-order valence-corrected chi connectivity index (χ0v) is 17.9. The number of guanidine groups is 1. The van der Waals surface area contributed by atoms with Crippen molar-refractivity contribution in [2.45, 2.75) is 50.7 Å². The van der Waals surface area contributed by atoms with Crippen LogP contribution in [0.1, 0.15) is 41.8 Å². The van der Waals surface area contributed by atoms with Gasteiger partial charge >= 0.3 is 0 Å². The molecule has 1 fully saturated rings. The highest BCUT2D eigenvalue weighted by molar-refractivity contribution is 7.15. The fourth-order valence-electron chi connectivity index (χ4n) is 5.57. The Bertz CT molecular complexity index is 1020. The Balaban J connectivity index is 1.67. The number of hydrogen-bond acceptors (Lipinski definition) is 6. The third-order valence-electron chi connectivity index (χ3n) is 7.16. The van der Waals surface area contributed by atoms with Gasteiger partial charge < -0.3 is 10.5 Å². The molecule has 1 saturated carbocycles. The number of nitrogens with two attached hydrogens (primary N) is 1. The average molecular weight is 411 g/mol. The number of nitrogens with zero attached hydrogens (tertiary/aromatic N) is 3. The molecule has 1 aliphatic heterocycles. The number of carbonyl (C=O) groups is 1. The molecule has 0 unspecified atom stereocenters. The van der Waals surface area contributed by atoms with Gasteiger partial charge in [0.1, 0.15) is 0 Å². The molecule has 29 heavy (non-hydrogen) atoms. The summed E-state index contributed by atoms with van der Waals surface area (Å²) in [6, 6.07) is 6.48. The molecule has 0 saturated heterocycles. The molecule has 2 spiro atoms. The molecule has 2 aromatic rings. The molecule has 1 aromatic heterocycles. The third kappa shape index (κ3) is 2.47. The molecule has 7 heteroatoms. The van der Waals surface area contributed by atoms with Crippen LogP contribution < -0.4 is 5.73 Å². The number of aromatic nitrogens is 1. The summed E-state index contributed by atoms with van der Waals surface area (Å²) in [6.07, 6.45) is 6.73. The zero-order chi connectivity index (χ0) is 20.4. The number of methoxy groups -OCH3 is 1. The van der Waals surface area contributed by atoms with Crippen LogP contribution in [0.4, 0.5) is 0 Å². The summed E-state index contributed by atoms with van der Waals surface area (Å²) in [5, 5.41) is 1.03. The van der Waals surface area contributed by atoms with E-state index in [-0.39, 0.29) is 17.4 Å². The number of aryl methyl sites for hydroxylation is 1. The average Bonchev–Trinajstić information content (AvgIpc) is 3.34. The molecule has 2 aliphatic carbocycles. The van der Waals surface area contributed by atoms with Crippen molar-refractivity contribution in [3.8, 4) is 10.4 Å². The maximum absolute atomic E-state index is 13.7. The van der Waals surface area contributed by atoms with Crippen molar-refractivity contribution in [2.24, 2.45) is 16.1 Å². The molecule has 0 bridgehead atoms. The number of aliphatic imine (C=N–C) groups is 1. The molecule has 1 atom stereocenters. The highest BCUT2D eigenvalue weighted by Gasteiger charge is 2.66. The van der Waals surface area contributed by atoms with Crippen LogP contribution in [0.15, 0.2) is 29.4 Å². The van der Waals surface area contributed by atoms with E-state index >= 15 is 0 Å². The summed E-state index contributed by atoms with van der Waals surface area (Å²) in [4.78, 5) is 25.6. The van der Waals surface area contributed by atoms with Crippen LogP contribution in [0.5, 0.6) is 0 Å². The molecule has 0 radical (unpaired) electrons. The van der Waals surface area contributed by atoms with E-state index in [9.17, 15) is 4.79 Å². The monoisotopic (exact) mass is 410 g/mol. The summed E-state index contributed by atoms with van der Waals surface area (Å²) in [5.41, 5.74) is 8.37. The molecule has 5 rings (SSSR count). The fraction of sp³-hybridized carbons (Fsp3) is 0.500. The van der Waals surface area contributed by atoms with Gasteiger partial charge in [-0.2, -0.15) is 0 Å². The van der Waals surface area contributed by atoms with Gasteiger partial charge in [-0.05, 0) is 61.8 Å². The van der Waals surface area contributed by atoms with Gasteiger partial charge in [-0.25, -0.2) is 9.98 Å². The predicted octanol–water partition coefficient (Wildman–Crippen LogP) is 3.23. The van der Waals surface area contributed by atoms with Gasteiger partial charge in [0.05, 0.1) is 16.0 Å². The Morgan fingerprint density at radius 2 is 2.07 bits per heavy atom. The maximum atomic E-state index is 13.7. The Kier molecular flexibility index (Phi) is 4.12. The first-order valence-electron chi connectivity index (χ1n) is 10.1. The minimum absolute atomic E-state index is 0.00209. The number of hydrogen-bond donors (Lipinski definition) is 1. The van der Waals surface area contributed by atoms with Crippen molar-refractivity contribution in [1.82, 2.24) is 9.88 Å². The smallest absolute Gasteiger partial charge is 0.262 e. The van der Waals surface area contributed by atoms with Crippen molar-refractivity contribution >= 4 is 23.2 Å². The molecule has 152 valence electrons. The normalized spacial score (nSPS) is 31.0. The number of carbonyl (C=O) groups excluding carboxylic acids is 1. The number of ether oxygens (including phenoxy) is 1. The molecule has 3 aliphatic rings. The quantitative estimate of drug-likeness (QED) is 0.824. The topological polar surface area (TPSA) is 80.8 Å². The number of benzene rings is 1. The van der Waals surface area contributed by atoms with Crippen LogP contribution >= 0.6 is 11.3 Å². The molecule has 1 aromatic carbocycles. The van der Waals surface area contributed by atoms with E-state index in [2.05, 4.69) is 23.2 Å². The van der Waals surface area contributed by atoms with Crippen LogP contribution in [0.2, 0.25) is 0 Å². The van der Waals surface area contributed by atoms with Gasteiger partial charge in [0.15, 0.2) is 11.5 Å². The Morgan fingerprint density at radius 1 is 1.31 bits per heavy atom. The standard InChI is InChI=1S/C22H26N4O2S/c1-13-24-12-18(29-13)14-4-5-15-11-21(8-6-16(28-3)7-9-21)22(17(15)10-14)19(27)26(2)20(23)25-22/h4-5,10,12,16H,6-9,11H2,1-3H3,(H2,23,25)/t16?,21?,22-/m0/s1. The molecule has 2 N–H and O–H groups in total. The van der Waals surface area contributed by atoms with Crippen LogP contribution in [0, 0.1) is 12.3 Å². The summed E-state index contributed by atoms with van der Waals surface area (Å²) >= 11 is 1.67. The van der Waals surface area contributed by atoms with Gasteiger partial charge in [0, 0.05) is 25.8 Å². The number of rotatable bonds is 2. The summed E-state index contributed by atoms with van der Waals surface area (Å²) in [6.45, 7) is 2.01. The third-order valence-corrected chi connectivity index (χ3v) is 8.13. The fourth-order valence-corrected chi connectivity index (χ4v) is 6.35. The minimum atomic E-state index is -0.921. The van der Waals surface area contributed by atoms with E-state index in [0.717, 1.165) is 53.1 Å².